The Morgan fingerprint density at radius 1 is 0.538 bits per heavy atom. The van der Waals surface area contributed by atoms with E-state index in [-0.39, 0.29) is 0 Å². The van der Waals surface area contributed by atoms with Crippen LogP contribution in [0.3, 0.4) is 0 Å². The van der Waals surface area contributed by atoms with Crippen LogP contribution in [0.4, 0.5) is 0 Å². The van der Waals surface area contributed by atoms with Crippen molar-refractivity contribution in [1.82, 2.24) is 0 Å². The van der Waals surface area contributed by atoms with Gasteiger partial charge in [0.05, 0.1) is 11.2 Å². The lowest BCUT2D eigenvalue weighted by atomic mass is 9.81. The molecule has 0 amide bonds. The number of fused-ring (bicyclic) bond motifs is 3. The smallest absolute Gasteiger partial charge is 0.330 e. The van der Waals surface area contributed by atoms with E-state index in [1.54, 1.807) is 21.3 Å². The second-order valence-electron chi connectivity index (χ2n) is 11.3. The van der Waals surface area contributed by atoms with Crippen molar-refractivity contribution in [3.63, 3.8) is 0 Å². The maximum absolute atomic E-state index is 10.4. The quantitative estimate of drug-likeness (QED) is 0.182. The number of hydrogen-bond acceptors (Lipinski definition) is 2. The highest BCUT2D eigenvalue weighted by Gasteiger charge is 2.35. The van der Waals surface area contributed by atoms with Crippen molar-refractivity contribution in [2.45, 2.75) is 38.9 Å². The monoisotopic (exact) mass is 507 g/mol. The predicted octanol–water partition coefficient (Wildman–Crippen LogP) is 8.29. The summed E-state index contributed by atoms with van der Waals surface area (Å²) >= 11 is 0. The first-order valence-electron chi connectivity index (χ1n) is 13.5. The van der Waals surface area contributed by atoms with E-state index in [0.717, 1.165) is 11.0 Å². The first-order chi connectivity index (χ1) is 18.7. The third kappa shape index (κ3) is 4.52. The third-order valence-electron chi connectivity index (χ3n) is 8.15. The molecule has 0 aliphatic carbocycles. The normalized spacial score (nSPS) is 12.3. The van der Waals surface area contributed by atoms with Crippen LogP contribution in [-0.4, -0.2) is 23.8 Å². The van der Waals surface area contributed by atoms with Crippen LogP contribution >= 0.6 is 0 Å². The van der Waals surface area contributed by atoms with Gasteiger partial charge in [-0.15, -0.1) is 0 Å². The van der Waals surface area contributed by atoms with Crippen molar-refractivity contribution in [2.24, 2.45) is 0 Å². The predicted molar refractivity (Wildman–Crippen MR) is 167 cm³/mol. The van der Waals surface area contributed by atoms with Crippen LogP contribution in [0.1, 0.15) is 27.7 Å². The molecule has 6 rings (SSSR count). The highest BCUT2D eigenvalue weighted by molar-refractivity contribution is 6.47. The Balaban J connectivity index is 1.52. The highest BCUT2D eigenvalue weighted by atomic mass is 16.5. The van der Waals surface area contributed by atoms with Gasteiger partial charge in [0.1, 0.15) is 0 Å². The summed E-state index contributed by atoms with van der Waals surface area (Å²) in [5.74, 6) is 0. The molecule has 0 heterocycles. The number of benzene rings is 6. The fourth-order valence-electron chi connectivity index (χ4n) is 5.26. The van der Waals surface area contributed by atoms with Crippen molar-refractivity contribution in [2.75, 3.05) is 0 Å². The van der Waals surface area contributed by atoms with Crippen molar-refractivity contribution >= 4 is 45.3 Å². The van der Waals surface area contributed by atoms with E-state index in [1.807, 2.05) is 13.8 Å². The van der Waals surface area contributed by atoms with Gasteiger partial charge in [-0.2, -0.15) is 0 Å². The Morgan fingerprint density at radius 2 is 1.03 bits per heavy atom. The van der Waals surface area contributed by atoms with E-state index >= 15 is 0 Å². The molecule has 0 bridgehead atoms. The average molecular weight is 507 g/mol. The maximum Gasteiger partial charge on any atom is 0.330 e. The molecular formula is C36H32BO2. The van der Waals surface area contributed by atoms with Crippen LogP contribution in [0.5, 0.6) is 0 Å². The molecule has 2 nitrogen and oxygen atoms in total. The van der Waals surface area contributed by atoms with Gasteiger partial charge in [-0.3, -0.25) is 0 Å². The lowest BCUT2D eigenvalue weighted by molar-refractivity contribution is -0.0893. The van der Waals surface area contributed by atoms with Gasteiger partial charge in [0.15, 0.2) is 0 Å². The molecule has 0 spiro atoms. The van der Waals surface area contributed by atoms with Crippen LogP contribution in [0.25, 0.3) is 54.6 Å². The summed E-state index contributed by atoms with van der Waals surface area (Å²) in [4.78, 5) is 0. The number of rotatable bonds is 6. The molecule has 0 fully saturated rings. The van der Waals surface area contributed by atoms with Crippen molar-refractivity contribution in [3.8, 4) is 22.3 Å². The molecular weight excluding hydrogens is 475 g/mol. The molecule has 6 aromatic rings. The minimum absolute atomic E-state index is 0.713. The van der Waals surface area contributed by atoms with E-state index < -0.39 is 11.2 Å². The number of hydrogen-bond donors (Lipinski definition) is 1. The minimum Gasteiger partial charge on any atom is -0.427 e. The molecule has 0 aliphatic rings. The zero-order chi connectivity index (χ0) is 27.2. The Hall–Kier alpha value is -3.92. The molecule has 0 saturated carbocycles. The maximum atomic E-state index is 10.4. The summed E-state index contributed by atoms with van der Waals surface area (Å²) in [6, 6.07) is 41.2. The summed E-state index contributed by atoms with van der Waals surface area (Å²) in [7, 11) is 1.74. The van der Waals surface area contributed by atoms with Gasteiger partial charge in [0, 0.05) is 0 Å². The van der Waals surface area contributed by atoms with Gasteiger partial charge in [0.25, 0.3) is 0 Å². The zero-order valence-electron chi connectivity index (χ0n) is 22.9. The lowest BCUT2D eigenvalue weighted by Gasteiger charge is -2.37. The van der Waals surface area contributed by atoms with Crippen molar-refractivity contribution in [3.05, 3.63) is 115 Å². The SMILES string of the molecule is CC(C)(O)C(C)(C)O[B]c1ccc(-c2c3ccccc3c(-c3cccc4ccccc34)c3ccccc23)cc1. The molecule has 1 N–H and O–H groups in total. The fraction of sp³-hybridized carbons (Fsp3) is 0.167. The second kappa shape index (κ2) is 9.68. The molecule has 0 unspecified atom stereocenters. The van der Waals surface area contributed by atoms with E-state index in [1.165, 1.54) is 49.0 Å². The van der Waals surface area contributed by atoms with Gasteiger partial charge >= 0.3 is 7.48 Å². The van der Waals surface area contributed by atoms with E-state index in [9.17, 15) is 5.11 Å². The Kier molecular flexibility index (Phi) is 6.30. The average Bonchev–Trinajstić information content (AvgIpc) is 2.94. The topological polar surface area (TPSA) is 29.5 Å². The van der Waals surface area contributed by atoms with E-state index in [0.29, 0.717) is 0 Å². The Bertz CT molecular complexity index is 1750. The number of aliphatic hydroxyl groups is 1. The summed E-state index contributed by atoms with van der Waals surface area (Å²) in [6.07, 6.45) is 0. The van der Waals surface area contributed by atoms with Gasteiger partial charge in [0.2, 0.25) is 0 Å². The standard InChI is InChI=1S/C36H32BO2/c1-35(2,38)36(3,4)39-37-26-22-20-25(21-23-26)33-29-15-7-9-17-31(29)34(32-18-10-8-16-30(32)33)28-19-11-13-24-12-5-6-14-27(24)28/h5-23,38H,1-4H3. The summed E-state index contributed by atoms with van der Waals surface area (Å²) in [5, 5.41) is 17.9. The first-order valence-corrected chi connectivity index (χ1v) is 13.5. The molecule has 6 aromatic carbocycles. The fourth-order valence-corrected chi connectivity index (χ4v) is 5.26. The van der Waals surface area contributed by atoms with Crippen LogP contribution in [0, 0.1) is 0 Å². The molecule has 191 valence electrons. The molecule has 0 aliphatic heterocycles. The van der Waals surface area contributed by atoms with Crippen LogP contribution in [0.2, 0.25) is 0 Å². The second-order valence-corrected chi connectivity index (χ2v) is 11.3. The van der Waals surface area contributed by atoms with Crippen molar-refractivity contribution in [1.29, 1.82) is 0 Å². The largest absolute Gasteiger partial charge is 0.427 e. The Labute approximate surface area is 231 Å². The molecule has 0 atom stereocenters. The van der Waals surface area contributed by atoms with Gasteiger partial charge in [-0.1, -0.05) is 121 Å². The molecule has 0 aromatic heterocycles. The van der Waals surface area contributed by atoms with Crippen molar-refractivity contribution < 1.29 is 9.76 Å². The highest BCUT2D eigenvalue weighted by Crippen LogP contribution is 2.44. The van der Waals surface area contributed by atoms with E-state index in [2.05, 4.69) is 115 Å². The van der Waals surface area contributed by atoms with Gasteiger partial charge in [-0.05, 0) is 82.3 Å². The van der Waals surface area contributed by atoms with Gasteiger partial charge in [-0.25, -0.2) is 0 Å². The van der Waals surface area contributed by atoms with Crippen LogP contribution < -0.4 is 5.46 Å². The van der Waals surface area contributed by atoms with E-state index in [4.69, 9.17) is 4.65 Å². The van der Waals surface area contributed by atoms with Gasteiger partial charge < -0.3 is 9.76 Å². The molecule has 39 heavy (non-hydrogen) atoms. The third-order valence-corrected chi connectivity index (χ3v) is 8.15. The molecule has 1 radical (unpaired) electrons. The first kappa shape index (κ1) is 25.4. The van der Waals surface area contributed by atoms with Crippen LogP contribution in [0.15, 0.2) is 115 Å². The molecule has 0 saturated heterocycles. The van der Waals surface area contributed by atoms with Crippen LogP contribution in [-0.2, 0) is 4.65 Å². The summed E-state index contributed by atoms with van der Waals surface area (Å²) < 4.78 is 5.99. The molecule has 3 heteroatoms. The Morgan fingerprint density at radius 3 is 1.59 bits per heavy atom. The minimum atomic E-state index is -0.965. The summed E-state index contributed by atoms with van der Waals surface area (Å²) in [5.41, 5.74) is 4.19. The lowest BCUT2D eigenvalue weighted by Crippen LogP contribution is -2.49. The zero-order valence-corrected chi connectivity index (χ0v) is 22.9. The summed E-state index contributed by atoms with van der Waals surface area (Å²) in [6.45, 7) is 7.32.